The van der Waals surface area contributed by atoms with Gasteiger partial charge in [-0.2, -0.15) is 12.6 Å². The zero-order chi connectivity index (χ0) is 13.1. The van der Waals surface area contributed by atoms with Crippen LogP contribution in [0.2, 0.25) is 0 Å². The van der Waals surface area contributed by atoms with Crippen LogP contribution < -0.4 is 9.47 Å². The fourth-order valence-corrected chi connectivity index (χ4v) is 2.44. The molecule has 1 saturated heterocycles. The number of amides is 1. The van der Waals surface area contributed by atoms with E-state index in [1.54, 1.807) is 14.2 Å². The Balaban J connectivity index is 2.15. The summed E-state index contributed by atoms with van der Waals surface area (Å²) in [7, 11) is 3.23. The number of benzene rings is 1. The Labute approximate surface area is 112 Å². The van der Waals surface area contributed by atoms with Crippen molar-refractivity contribution in [1.29, 1.82) is 0 Å². The fraction of sp³-hybridized carbons (Fsp3) is 0.462. The van der Waals surface area contributed by atoms with E-state index >= 15 is 0 Å². The normalized spacial score (nSPS) is 19.2. The number of rotatable bonds is 4. The lowest BCUT2D eigenvalue weighted by atomic mass is 10.2. The van der Waals surface area contributed by atoms with E-state index in [1.165, 1.54) is 0 Å². The van der Waals surface area contributed by atoms with Gasteiger partial charge in [-0.25, -0.2) is 0 Å². The van der Waals surface area contributed by atoms with Gasteiger partial charge < -0.3 is 14.4 Å². The molecule has 1 unspecified atom stereocenters. The molecule has 1 aromatic rings. The molecule has 1 amide bonds. The number of hydrogen-bond acceptors (Lipinski definition) is 4. The summed E-state index contributed by atoms with van der Waals surface area (Å²) in [6.07, 6.45) is 0.518. The van der Waals surface area contributed by atoms with Gasteiger partial charge in [-0.3, -0.25) is 4.79 Å². The predicted octanol–water partition coefficient (Wildman–Crippen LogP) is 1.73. The molecule has 0 bridgehead atoms. The summed E-state index contributed by atoms with van der Waals surface area (Å²) in [5, 5.41) is 0.144. The summed E-state index contributed by atoms with van der Waals surface area (Å²) in [6.45, 7) is 1.27. The number of thiol groups is 1. The van der Waals surface area contributed by atoms with E-state index in [4.69, 9.17) is 9.47 Å². The summed E-state index contributed by atoms with van der Waals surface area (Å²) in [6, 6.07) is 5.65. The van der Waals surface area contributed by atoms with Crippen molar-refractivity contribution in [1.82, 2.24) is 4.90 Å². The first-order valence-electron chi connectivity index (χ1n) is 5.80. The third kappa shape index (κ3) is 2.90. The van der Waals surface area contributed by atoms with E-state index in [2.05, 4.69) is 12.6 Å². The number of hydrogen-bond donors (Lipinski definition) is 1. The smallest absolute Gasteiger partial charge is 0.224 e. The minimum absolute atomic E-state index is 0.144. The van der Waals surface area contributed by atoms with Gasteiger partial charge in [0, 0.05) is 30.8 Å². The molecule has 1 aliphatic rings. The van der Waals surface area contributed by atoms with Gasteiger partial charge in [-0.15, -0.1) is 0 Å². The maximum absolute atomic E-state index is 11.7. The maximum Gasteiger partial charge on any atom is 0.224 e. The van der Waals surface area contributed by atoms with Gasteiger partial charge in [-0.1, -0.05) is 0 Å². The van der Waals surface area contributed by atoms with Gasteiger partial charge in [0.1, 0.15) is 11.5 Å². The molecule has 2 rings (SSSR count). The SMILES string of the molecule is COc1cc(CN2CC(S)CC2=O)cc(OC)c1. The van der Waals surface area contributed by atoms with Crippen molar-refractivity contribution in [3.8, 4) is 11.5 Å². The van der Waals surface area contributed by atoms with Gasteiger partial charge in [0.05, 0.1) is 14.2 Å². The zero-order valence-corrected chi connectivity index (χ0v) is 11.4. The molecule has 0 saturated carbocycles. The van der Waals surface area contributed by atoms with Gasteiger partial charge in [-0.05, 0) is 17.7 Å². The Morgan fingerprint density at radius 1 is 1.28 bits per heavy atom. The first kappa shape index (κ1) is 13.1. The van der Waals surface area contributed by atoms with Crippen molar-refractivity contribution >= 4 is 18.5 Å². The average Bonchev–Trinajstić information content (AvgIpc) is 2.67. The summed E-state index contributed by atoms with van der Waals surface area (Å²) in [5.74, 6) is 1.62. The molecule has 18 heavy (non-hydrogen) atoms. The molecule has 0 aliphatic carbocycles. The molecule has 98 valence electrons. The molecule has 1 aliphatic heterocycles. The Bertz CT molecular complexity index is 428. The van der Waals surface area contributed by atoms with Crippen molar-refractivity contribution in [3.05, 3.63) is 23.8 Å². The molecular weight excluding hydrogens is 250 g/mol. The van der Waals surface area contributed by atoms with Crippen LogP contribution in [-0.2, 0) is 11.3 Å². The van der Waals surface area contributed by atoms with Crippen LogP contribution in [0.25, 0.3) is 0 Å². The van der Waals surface area contributed by atoms with E-state index in [9.17, 15) is 4.79 Å². The number of ether oxygens (including phenoxy) is 2. The molecule has 1 fully saturated rings. The van der Waals surface area contributed by atoms with Crippen molar-refractivity contribution in [2.24, 2.45) is 0 Å². The number of nitrogens with zero attached hydrogens (tertiary/aromatic N) is 1. The molecule has 1 heterocycles. The first-order valence-corrected chi connectivity index (χ1v) is 6.32. The number of carbonyl (C=O) groups excluding carboxylic acids is 1. The molecule has 1 atom stereocenters. The quantitative estimate of drug-likeness (QED) is 0.845. The number of likely N-dealkylation sites (tertiary alicyclic amines) is 1. The Kier molecular flexibility index (Phi) is 4.01. The highest BCUT2D eigenvalue weighted by atomic mass is 32.1. The fourth-order valence-electron chi connectivity index (χ4n) is 2.08. The highest BCUT2D eigenvalue weighted by Gasteiger charge is 2.27. The lowest BCUT2D eigenvalue weighted by Gasteiger charge is -2.17. The second-order valence-electron chi connectivity index (χ2n) is 4.35. The highest BCUT2D eigenvalue weighted by molar-refractivity contribution is 7.81. The lowest BCUT2D eigenvalue weighted by Crippen LogP contribution is -2.24. The Morgan fingerprint density at radius 2 is 1.89 bits per heavy atom. The van der Waals surface area contributed by atoms with E-state index in [0.29, 0.717) is 19.5 Å². The Morgan fingerprint density at radius 3 is 2.33 bits per heavy atom. The topological polar surface area (TPSA) is 38.8 Å². The van der Waals surface area contributed by atoms with E-state index < -0.39 is 0 Å². The Hall–Kier alpha value is -1.36. The van der Waals surface area contributed by atoms with E-state index in [0.717, 1.165) is 17.1 Å². The zero-order valence-electron chi connectivity index (χ0n) is 10.5. The minimum atomic E-state index is 0.144. The second kappa shape index (κ2) is 5.52. The van der Waals surface area contributed by atoms with E-state index in [-0.39, 0.29) is 11.2 Å². The standard InChI is InChI=1S/C13H17NO3S/c1-16-10-3-9(4-11(5-10)17-2)7-14-8-12(18)6-13(14)15/h3-5,12,18H,6-8H2,1-2H3. The minimum Gasteiger partial charge on any atom is -0.497 e. The van der Waals surface area contributed by atoms with Gasteiger partial charge in [0.2, 0.25) is 5.91 Å². The molecule has 0 spiro atoms. The van der Waals surface area contributed by atoms with Crippen molar-refractivity contribution in [3.63, 3.8) is 0 Å². The molecule has 0 aromatic heterocycles. The molecule has 5 heteroatoms. The largest absolute Gasteiger partial charge is 0.497 e. The maximum atomic E-state index is 11.7. The van der Waals surface area contributed by atoms with Gasteiger partial charge in [0.15, 0.2) is 0 Å². The van der Waals surface area contributed by atoms with Gasteiger partial charge >= 0.3 is 0 Å². The van der Waals surface area contributed by atoms with Crippen LogP contribution in [0.3, 0.4) is 0 Å². The summed E-state index contributed by atoms with van der Waals surface area (Å²) in [5.41, 5.74) is 1.00. The van der Waals surface area contributed by atoms with E-state index in [1.807, 2.05) is 23.1 Å². The van der Waals surface area contributed by atoms with Crippen LogP contribution in [-0.4, -0.2) is 36.8 Å². The van der Waals surface area contributed by atoms with Crippen LogP contribution in [0.5, 0.6) is 11.5 Å². The summed E-state index contributed by atoms with van der Waals surface area (Å²) < 4.78 is 10.4. The van der Waals surface area contributed by atoms with Crippen LogP contribution in [0.15, 0.2) is 18.2 Å². The third-order valence-corrected chi connectivity index (χ3v) is 3.32. The first-order chi connectivity index (χ1) is 8.62. The molecule has 0 radical (unpaired) electrons. The molecular formula is C13H17NO3S. The lowest BCUT2D eigenvalue weighted by molar-refractivity contribution is -0.128. The summed E-state index contributed by atoms with van der Waals surface area (Å²) in [4.78, 5) is 13.5. The predicted molar refractivity (Wildman–Crippen MR) is 72.4 cm³/mol. The second-order valence-corrected chi connectivity index (χ2v) is 5.08. The van der Waals surface area contributed by atoms with Crippen molar-refractivity contribution in [2.45, 2.75) is 18.2 Å². The monoisotopic (exact) mass is 267 g/mol. The average molecular weight is 267 g/mol. The van der Waals surface area contributed by atoms with Crippen molar-refractivity contribution < 1.29 is 14.3 Å². The third-order valence-electron chi connectivity index (χ3n) is 2.98. The van der Waals surface area contributed by atoms with Crippen molar-refractivity contribution in [2.75, 3.05) is 20.8 Å². The van der Waals surface area contributed by atoms with Crippen LogP contribution in [0.1, 0.15) is 12.0 Å². The number of carbonyl (C=O) groups is 1. The van der Waals surface area contributed by atoms with Crippen LogP contribution in [0.4, 0.5) is 0 Å². The summed E-state index contributed by atoms with van der Waals surface area (Å²) >= 11 is 4.34. The number of methoxy groups -OCH3 is 2. The van der Waals surface area contributed by atoms with Crippen LogP contribution in [0, 0.1) is 0 Å². The molecule has 1 aromatic carbocycles. The van der Waals surface area contributed by atoms with Gasteiger partial charge in [0.25, 0.3) is 0 Å². The molecule has 4 nitrogen and oxygen atoms in total. The molecule has 0 N–H and O–H groups in total. The highest BCUT2D eigenvalue weighted by Crippen LogP contribution is 2.25. The van der Waals surface area contributed by atoms with Crippen LogP contribution >= 0.6 is 12.6 Å².